The molecule has 4 atom stereocenters. The quantitative estimate of drug-likeness (QED) is 0.0307. The summed E-state index contributed by atoms with van der Waals surface area (Å²) in [5, 5.41) is 40.3. The van der Waals surface area contributed by atoms with Gasteiger partial charge in [0, 0.05) is 54.5 Å². The third-order valence-corrected chi connectivity index (χ3v) is 17.3. The Morgan fingerprint density at radius 3 is 1.49 bits per heavy atom. The normalized spacial score (nSPS) is 14.2. The van der Waals surface area contributed by atoms with Gasteiger partial charge in [0.1, 0.15) is 40.2 Å². The maximum atomic E-state index is 14.5. The lowest BCUT2D eigenvalue weighted by molar-refractivity contribution is -0.121. The van der Waals surface area contributed by atoms with Crippen LogP contribution in [0.3, 0.4) is 0 Å². The molecule has 0 bridgehead atoms. The first-order valence-electron chi connectivity index (χ1n) is 30.2. The predicted octanol–water partition coefficient (Wildman–Crippen LogP) is 10.7. The molecule has 2 aliphatic rings. The second-order valence-corrected chi connectivity index (χ2v) is 23.6. The number of anilines is 1. The minimum atomic E-state index is -1.77. The van der Waals surface area contributed by atoms with E-state index >= 15 is 0 Å². The highest BCUT2D eigenvalue weighted by molar-refractivity contribution is 6.11. The molecule has 2 amide bonds. The summed E-state index contributed by atoms with van der Waals surface area (Å²) in [7, 11) is 4.61. The molecule has 2 aromatic heterocycles. The van der Waals surface area contributed by atoms with Gasteiger partial charge in [0.15, 0.2) is 0 Å². The molecule has 2 saturated carbocycles. The number of aliphatic hydroxyl groups excluding tert-OH is 4. The molecule has 0 saturated heterocycles. The maximum Gasteiger partial charge on any atom is 0.343 e. The Kier molecular flexibility index (Phi) is 22.0. The average molecular weight is 1230 g/mol. The number of ether oxygens (including phenoxy) is 4. The summed E-state index contributed by atoms with van der Waals surface area (Å²) in [6.45, 7) is 10.3. The summed E-state index contributed by atoms with van der Waals surface area (Å²) in [5.74, 6) is 1.01. The van der Waals surface area contributed by atoms with Crippen LogP contribution in [0.2, 0.25) is 0 Å². The number of carbonyl (C=O) groups is 6. The number of carbonyl (C=O) groups excluding carboxylic acids is 6. The molecule has 18 heteroatoms. The van der Waals surface area contributed by atoms with E-state index in [-0.39, 0.29) is 65.7 Å². The number of rotatable bonds is 25. The first-order chi connectivity index (χ1) is 43.1. The standard InChI is InChI=1S/C40H44N2O8.C32H36N2O6/c1-24-18-29(14-16-33(24)39(48)50-32-10-7-9-30(19-32)37(28-12-13-28)26(3)27(4)46)35-20-31(49-5)15-17-34(35)38(47)42(40(21-43,22-44)23-45)36-11-6-8-25(2)41-36;1-19-15-23(27-17-29(39-5)33-18-28(27)31(37)34(4)13-14-35)11-12-26(19)32(38)40-25-8-6-7-24(16-25)30(22-9-10-22)20(2)21(3)36/h6-11,14-20,26,28,37,43-45H,12-13,21-23H2,1-5H3;6-8,11-12,15-18,20,22,30,35H,9-10,13-14H2,1-5H3/t26-,37+;20-,30+/m11/s1. The summed E-state index contributed by atoms with van der Waals surface area (Å²) in [4.78, 5) is 89.8. The van der Waals surface area contributed by atoms with Gasteiger partial charge >= 0.3 is 11.9 Å². The molecule has 0 spiro atoms. The van der Waals surface area contributed by atoms with Crippen LogP contribution in [0, 0.1) is 44.4 Å². The number of Topliss-reactive ketones (excluding diaryl/α,β-unsaturated/α-hetero) is 2. The Morgan fingerprint density at radius 2 is 1.06 bits per heavy atom. The molecule has 5 aromatic carbocycles. The minimum absolute atomic E-state index is 0.0712. The van der Waals surface area contributed by atoms with Gasteiger partial charge in [0.2, 0.25) is 5.88 Å². The fourth-order valence-corrected chi connectivity index (χ4v) is 11.6. The SMILES string of the molecule is COc1cc(-c2ccc(C(=O)Oc3cccc([C@H](C4CC4)[C@H](C)C(C)=O)c3)c(C)c2)c(C(=O)N(C)CCO)cn1.COc1ccc(C(=O)N(c2cccc(C)n2)C(CO)(CO)CO)c(-c2ccc(C(=O)Oc3cccc([C@H](C4CC4)[C@H](C)C(C)=O)c3)c(C)c2)c1. The third-order valence-electron chi connectivity index (χ3n) is 17.3. The minimum Gasteiger partial charge on any atom is -0.497 e. The van der Waals surface area contributed by atoms with Gasteiger partial charge in [-0.25, -0.2) is 19.6 Å². The van der Waals surface area contributed by atoms with E-state index in [0.717, 1.165) is 41.7 Å². The molecule has 472 valence electrons. The monoisotopic (exact) mass is 1220 g/mol. The fourth-order valence-electron chi connectivity index (χ4n) is 11.6. The van der Waals surface area contributed by atoms with Crippen molar-refractivity contribution in [2.24, 2.45) is 23.7 Å². The van der Waals surface area contributed by atoms with E-state index < -0.39 is 43.2 Å². The second kappa shape index (κ2) is 29.6. The van der Waals surface area contributed by atoms with Crippen molar-refractivity contribution in [1.29, 1.82) is 0 Å². The molecule has 9 rings (SSSR count). The van der Waals surface area contributed by atoms with Gasteiger partial charge in [0.05, 0.1) is 57.3 Å². The van der Waals surface area contributed by atoms with Gasteiger partial charge in [-0.05, 0) is 190 Å². The molecule has 2 fully saturated rings. The maximum absolute atomic E-state index is 14.5. The van der Waals surface area contributed by atoms with E-state index in [1.54, 1.807) is 120 Å². The van der Waals surface area contributed by atoms with Crippen molar-refractivity contribution in [3.8, 4) is 45.4 Å². The molecule has 0 unspecified atom stereocenters. The number of esters is 2. The summed E-state index contributed by atoms with van der Waals surface area (Å²) < 4.78 is 22.4. The van der Waals surface area contributed by atoms with Crippen molar-refractivity contribution < 1.29 is 68.1 Å². The number of pyridine rings is 2. The average Bonchev–Trinajstić information content (AvgIpc) is 2.15. The predicted molar refractivity (Wildman–Crippen MR) is 341 cm³/mol. The number of amides is 2. The zero-order chi connectivity index (χ0) is 65.1. The van der Waals surface area contributed by atoms with Crippen molar-refractivity contribution in [3.05, 3.63) is 184 Å². The molecule has 2 heterocycles. The summed E-state index contributed by atoms with van der Waals surface area (Å²) >= 11 is 0. The number of ketones is 2. The number of hydrogen-bond acceptors (Lipinski definition) is 16. The third kappa shape index (κ3) is 15.4. The highest BCUT2D eigenvalue weighted by Crippen LogP contribution is 2.49. The van der Waals surface area contributed by atoms with E-state index in [0.29, 0.717) is 90.7 Å². The van der Waals surface area contributed by atoms with Crippen molar-refractivity contribution in [3.63, 3.8) is 0 Å². The molecule has 90 heavy (non-hydrogen) atoms. The second-order valence-electron chi connectivity index (χ2n) is 23.6. The Hall–Kier alpha value is -8.94. The zero-order valence-electron chi connectivity index (χ0n) is 52.7. The van der Waals surface area contributed by atoms with Gasteiger partial charge in [-0.3, -0.25) is 24.1 Å². The van der Waals surface area contributed by atoms with Crippen LogP contribution < -0.4 is 23.8 Å². The van der Waals surface area contributed by atoms with Gasteiger partial charge < -0.3 is 44.3 Å². The molecule has 4 N–H and O–H groups in total. The number of hydrogen-bond donors (Lipinski definition) is 4. The number of methoxy groups -OCH3 is 2. The molecular formula is C72H80N4O14. The molecule has 7 aromatic rings. The van der Waals surface area contributed by atoms with Crippen LogP contribution in [0.1, 0.15) is 135 Å². The Bertz CT molecular complexity index is 3770. The van der Waals surface area contributed by atoms with Crippen molar-refractivity contribution in [2.45, 2.75) is 91.5 Å². The number of nitrogens with zero attached hydrogens (tertiary/aromatic N) is 4. The highest BCUT2D eigenvalue weighted by Gasteiger charge is 2.43. The largest absolute Gasteiger partial charge is 0.497 e. The van der Waals surface area contributed by atoms with Crippen LogP contribution in [0.4, 0.5) is 5.82 Å². The van der Waals surface area contributed by atoms with E-state index in [2.05, 4.69) is 9.97 Å². The van der Waals surface area contributed by atoms with Gasteiger partial charge in [-0.2, -0.15) is 0 Å². The van der Waals surface area contributed by atoms with Crippen LogP contribution >= 0.6 is 0 Å². The molecular weight excluding hydrogens is 1140 g/mol. The lowest BCUT2D eigenvalue weighted by Gasteiger charge is -2.39. The van der Waals surface area contributed by atoms with E-state index in [1.807, 2.05) is 63.2 Å². The molecule has 2 aliphatic carbocycles. The van der Waals surface area contributed by atoms with Crippen LogP contribution in [0.5, 0.6) is 23.1 Å². The summed E-state index contributed by atoms with van der Waals surface area (Å²) in [6, 6.07) is 36.8. The van der Waals surface area contributed by atoms with Crippen LogP contribution in [0.25, 0.3) is 22.3 Å². The smallest absolute Gasteiger partial charge is 0.343 e. The van der Waals surface area contributed by atoms with Crippen molar-refractivity contribution >= 4 is 41.1 Å². The van der Waals surface area contributed by atoms with Crippen molar-refractivity contribution in [2.75, 3.05) is 59.1 Å². The fraction of sp³-hybridized carbons (Fsp3) is 0.361. The first kappa shape index (κ1) is 67.0. The van der Waals surface area contributed by atoms with Crippen LogP contribution in [0.15, 0.2) is 134 Å². The Balaban J connectivity index is 0.000000238. The highest BCUT2D eigenvalue weighted by atomic mass is 16.5. The van der Waals surface area contributed by atoms with Crippen LogP contribution in [-0.4, -0.2) is 130 Å². The van der Waals surface area contributed by atoms with Gasteiger partial charge in [-0.15, -0.1) is 0 Å². The van der Waals surface area contributed by atoms with Gasteiger partial charge in [-0.1, -0.05) is 68.4 Å². The summed E-state index contributed by atoms with van der Waals surface area (Å²) in [6.07, 6.45) is 5.81. The number of aliphatic hydroxyl groups is 4. The van der Waals surface area contributed by atoms with Gasteiger partial charge in [0.25, 0.3) is 11.8 Å². The lowest BCUT2D eigenvalue weighted by atomic mass is 9.81. The lowest BCUT2D eigenvalue weighted by Crippen LogP contribution is -2.60. The first-order valence-corrected chi connectivity index (χ1v) is 30.2. The zero-order valence-corrected chi connectivity index (χ0v) is 52.7. The number of likely N-dealkylation sites (N-methyl/N-ethyl adjacent to an activating group) is 1. The van der Waals surface area contributed by atoms with Crippen molar-refractivity contribution in [1.82, 2.24) is 14.9 Å². The topological polar surface area (TPSA) is 253 Å². The molecule has 0 radical (unpaired) electrons. The molecule has 18 nitrogen and oxygen atoms in total. The molecule has 0 aliphatic heterocycles. The van der Waals surface area contributed by atoms with Crippen LogP contribution in [-0.2, 0) is 9.59 Å². The Labute approximate surface area is 525 Å². The number of aromatic nitrogens is 2. The Morgan fingerprint density at radius 1 is 0.567 bits per heavy atom. The van der Waals surface area contributed by atoms with E-state index in [9.17, 15) is 49.2 Å². The summed E-state index contributed by atoms with van der Waals surface area (Å²) in [5.41, 5.74) is 5.72. The number of aryl methyl sites for hydroxylation is 3. The van der Waals surface area contributed by atoms with E-state index in [1.165, 1.54) is 25.3 Å². The van der Waals surface area contributed by atoms with E-state index in [4.69, 9.17) is 18.9 Å². The number of benzene rings is 5.